The fourth-order valence-corrected chi connectivity index (χ4v) is 6.64. The van der Waals surface area contributed by atoms with Gasteiger partial charge in [-0.2, -0.15) is 0 Å². The fourth-order valence-electron chi connectivity index (χ4n) is 5.54. The minimum absolute atomic E-state index is 0.0130. The van der Waals surface area contributed by atoms with Gasteiger partial charge in [-0.1, -0.05) is 6.92 Å². The van der Waals surface area contributed by atoms with Gasteiger partial charge in [-0.25, -0.2) is 4.98 Å². The van der Waals surface area contributed by atoms with Gasteiger partial charge in [0.25, 0.3) is 5.91 Å². The van der Waals surface area contributed by atoms with Crippen LogP contribution in [0.3, 0.4) is 0 Å². The van der Waals surface area contributed by atoms with Crippen molar-refractivity contribution in [3.63, 3.8) is 0 Å². The number of carbonyl (C=O) groups is 1. The summed E-state index contributed by atoms with van der Waals surface area (Å²) in [5, 5.41) is 8.81. The van der Waals surface area contributed by atoms with Crippen molar-refractivity contribution < 1.29 is 4.79 Å². The molecular weight excluding hydrogens is 418 g/mol. The van der Waals surface area contributed by atoms with Crippen LogP contribution in [0.1, 0.15) is 50.7 Å². The molecule has 6 nitrogen and oxygen atoms in total. The largest absolute Gasteiger partial charge is 0.381 e. The Kier molecular flexibility index (Phi) is 5.50. The number of carbonyl (C=O) groups excluding carboxylic acids is 1. The lowest BCUT2D eigenvalue weighted by atomic mass is 10.0. The van der Waals surface area contributed by atoms with E-state index in [-0.39, 0.29) is 11.9 Å². The summed E-state index contributed by atoms with van der Waals surface area (Å²) >= 11 is 1.56. The maximum Gasteiger partial charge on any atom is 0.263 e. The van der Waals surface area contributed by atoms with E-state index in [1.807, 2.05) is 6.92 Å². The second-order valence-electron chi connectivity index (χ2n) is 9.59. The number of hydrogen-bond donors (Lipinski definition) is 2. The van der Waals surface area contributed by atoms with Crippen LogP contribution in [-0.2, 0) is 0 Å². The molecule has 1 amide bonds. The zero-order chi connectivity index (χ0) is 22.6. The van der Waals surface area contributed by atoms with Gasteiger partial charge in [-0.15, -0.1) is 11.3 Å². The number of fused-ring (bicyclic) bond motifs is 5. The van der Waals surface area contributed by atoms with E-state index >= 15 is 0 Å². The van der Waals surface area contributed by atoms with Crippen LogP contribution < -0.4 is 15.5 Å². The van der Waals surface area contributed by atoms with E-state index < -0.39 is 0 Å². The van der Waals surface area contributed by atoms with Crippen LogP contribution in [0, 0.1) is 0 Å². The molecular formula is C25H33N5OS. The summed E-state index contributed by atoms with van der Waals surface area (Å²) in [5.41, 5.74) is 1.94. The molecule has 1 saturated heterocycles. The molecule has 32 heavy (non-hydrogen) atoms. The Morgan fingerprint density at radius 2 is 2.00 bits per heavy atom. The van der Waals surface area contributed by atoms with E-state index in [4.69, 9.17) is 4.98 Å². The number of rotatable bonds is 3. The maximum absolute atomic E-state index is 12.7. The molecule has 5 rings (SSSR count). The van der Waals surface area contributed by atoms with Gasteiger partial charge in [0.05, 0.1) is 11.2 Å². The Bertz CT molecular complexity index is 1170. The summed E-state index contributed by atoms with van der Waals surface area (Å²) in [6.45, 7) is 14.0. The molecule has 2 aliphatic heterocycles. The molecule has 7 heteroatoms. The number of benzene rings is 1. The lowest BCUT2D eigenvalue weighted by molar-refractivity contribution is 0.0828. The van der Waals surface area contributed by atoms with Crippen molar-refractivity contribution in [1.29, 1.82) is 0 Å². The van der Waals surface area contributed by atoms with Crippen LogP contribution in [-0.4, -0.2) is 59.6 Å². The highest BCUT2D eigenvalue weighted by molar-refractivity contribution is 7.21. The molecule has 0 saturated carbocycles. The molecule has 1 fully saturated rings. The molecule has 4 heterocycles. The SMILES string of the molecule is CCC1CN(c2ccc3c(ccc4sc5c(c43)NC[C@@H](C)NC5=O)n2)CC(C)N1C(C)C. The maximum atomic E-state index is 12.7. The van der Waals surface area contributed by atoms with Crippen molar-refractivity contribution in [3.05, 3.63) is 29.1 Å². The molecule has 3 atom stereocenters. The molecule has 0 radical (unpaired) electrons. The Morgan fingerprint density at radius 3 is 2.75 bits per heavy atom. The van der Waals surface area contributed by atoms with Gasteiger partial charge in [0.2, 0.25) is 0 Å². The van der Waals surface area contributed by atoms with E-state index in [9.17, 15) is 4.79 Å². The molecule has 2 unspecified atom stereocenters. The Hall–Kier alpha value is -2.38. The minimum Gasteiger partial charge on any atom is -0.381 e. The average molecular weight is 452 g/mol. The van der Waals surface area contributed by atoms with Gasteiger partial charge < -0.3 is 15.5 Å². The number of pyridine rings is 1. The van der Waals surface area contributed by atoms with Gasteiger partial charge in [-0.05, 0) is 58.4 Å². The zero-order valence-electron chi connectivity index (χ0n) is 19.6. The lowest BCUT2D eigenvalue weighted by Crippen LogP contribution is -2.59. The van der Waals surface area contributed by atoms with E-state index in [2.05, 4.69) is 72.4 Å². The number of anilines is 2. The number of amides is 1. The third-order valence-corrected chi connectivity index (χ3v) is 8.07. The molecule has 0 aliphatic carbocycles. The quantitative estimate of drug-likeness (QED) is 0.605. The Balaban J connectivity index is 1.54. The molecule has 2 N–H and O–H groups in total. The standard InChI is InChI=1S/C25H33N5OS/c1-6-17-13-29(12-16(5)30(17)14(2)3)21-10-7-18-19(28-21)8-9-20-22(18)23-24(32-20)25(31)27-15(4)11-26-23/h7-10,14-17,26H,6,11-13H2,1-5H3,(H,27,31)/t15-,16?,17?/m1/s1. The molecule has 170 valence electrons. The molecule has 3 aromatic rings. The van der Waals surface area contributed by atoms with Gasteiger partial charge in [0.15, 0.2) is 0 Å². The van der Waals surface area contributed by atoms with Gasteiger partial charge in [0, 0.05) is 59.3 Å². The topological polar surface area (TPSA) is 60.5 Å². The molecule has 0 bridgehead atoms. The minimum atomic E-state index is 0.0130. The summed E-state index contributed by atoms with van der Waals surface area (Å²) in [5.74, 6) is 1.06. The highest BCUT2D eigenvalue weighted by atomic mass is 32.1. The highest BCUT2D eigenvalue weighted by Gasteiger charge is 2.33. The molecule has 2 aliphatic rings. The molecule has 1 aromatic carbocycles. The highest BCUT2D eigenvalue weighted by Crippen LogP contribution is 2.41. The molecule has 0 spiro atoms. The van der Waals surface area contributed by atoms with Crippen molar-refractivity contribution in [2.24, 2.45) is 0 Å². The summed E-state index contributed by atoms with van der Waals surface area (Å²) in [4.78, 5) is 23.6. The number of nitrogens with one attached hydrogen (secondary N) is 2. The number of piperazine rings is 1. The summed E-state index contributed by atoms with van der Waals surface area (Å²) in [6.07, 6.45) is 1.14. The summed E-state index contributed by atoms with van der Waals surface area (Å²) in [6, 6.07) is 10.3. The predicted molar refractivity (Wildman–Crippen MR) is 135 cm³/mol. The summed E-state index contributed by atoms with van der Waals surface area (Å²) in [7, 11) is 0. The second kappa shape index (κ2) is 8.19. The van der Waals surface area contributed by atoms with Crippen LogP contribution in [0.15, 0.2) is 24.3 Å². The first kappa shape index (κ1) is 21.5. The number of aromatic nitrogens is 1. The first-order valence-electron chi connectivity index (χ1n) is 11.8. The van der Waals surface area contributed by atoms with Crippen molar-refractivity contribution >= 4 is 49.7 Å². The number of thiophene rings is 1. The predicted octanol–water partition coefficient (Wildman–Crippen LogP) is 4.69. The van der Waals surface area contributed by atoms with Crippen LogP contribution in [0.5, 0.6) is 0 Å². The average Bonchev–Trinajstić information content (AvgIpc) is 3.09. The number of hydrogen-bond acceptors (Lipinski definition) is 6. The van der Waals surface area contributed by atoms with Crippen LogP contribution in [0.2, 0.25) is 0 Å². The van der Waals surface area contributed by atoms with Gasteiger partial charge >= 0.3 is 0 Å². The van der Waals surface area contributed by atoms with Crippen molar-refractivity contribution in [2.75, 3.05) is 29.9 Å². The lowest BCUT2D eigenvalue weighted by Gasteiger charge is -2.48. The van der Waals surface area contributed by atoms with Crippen molar-refractivity contribution in [2.45, 2.75) is 65.2 Å². The fraction of sp³-hybridized carbons (Fsp3) is 0.520. The van der Waals surface area contributed by atoms with Crippen LogP contribution >= 0.6 is 11.3 Å². The molecule has 2 aromatic heterocycles. The van der Waals surface area contributed by atoms with Gasteiger partial charge in [-0.3, -0.25) is 9.69 Å². The third kappa shape index (κ3) is 3.52. The monoisotopic (exact) mass is 451 g/mol. The van der Waals surface area contributed by atoms with E-state index in [1.165, 1.54) is 0 Å². The van der Waals surface area contributed by atoms with E-state index in [0.29, 0.717) is 18.1 Å². The Labute approximate surface area is 194 Å². The third-order valence-electron chi connectivity index (χ3n) is 6.91. The van der Waals surface area contributed by atoms with Crippen LogP contribution in [0.4, 0.5) is 11.5 Å². The second-order valence-corrected chi connectivity index (χ2v) is 10.6. The van der Waals surface area contributed by atoms with E-state index in [0.717, 1.165) is 63.4 Å². The smallest absolute Gasteiger partial charge is 0.263 e. The number of nitrogens with zero attached hydrogens (tertiary/aromatic N) is 3. The van der Waals surface area contributed by atoms with Crippen molar-refractivity contribution in [1.82, 2.24) is 15.2 Å². The zero-order valence-corrected chi connectivity index (χ0v) is 20.4. The summed E-state index contributed by atoms with van der Waals surface area (Å²) < 4.78 is 1.12. The van der Waals surface area contributed by atoms with Gasteiger partial charge in [0.1, 0.15) is 10.7 Å². The van der Waals surface area contributed by atoms with Crippen LogP contribution in [0.25, 0.3) is 21.0 Å². The first-order valence-corrected chi connectivity index (χ1v) is 12.6. The normalized spacial score (nSPS) is 24.5. The first-order chi connectivity index (χ1) is 15.4. The van der Waals surface area contributed by atoms with Crippen molar-refractivity contribution in [3.8, 4) is 0 Å². The Morgan fingerprint density at radius 1 is 1.19 bits per heavy atom. The van der Waals surface area contributed by atoms with E-state index in [1.54, 1.807) is 11.3 Å².